The van der Waals surface area contributed by atoms with Gasteiger partial charge in [0.15, 0.2) is 0 Å². The van der Waals surface area contributed by atoms with Gasteiger partial charge in [-0.1, -0.05) is 30.3 Å². The van der Waals surface area contributed by atoms with Crippen LogP contribution in [0, 0.1) is 6.92 Å². The van der Waals surface area contributed by atoms with Crippen LogP contribution < -0.4 is 5.32 Å². The Labute approximate surface area is 220 Å². The van der Waals surface area contributed by atoms with Crippen LogP contribution in [0.4, 0.5) is 4.79 Å². The second-order valence-corrected chi connectivity index (χ2v) is 9.58. The number of urea groups is 1. The Kier molecular flexibility index (Phi) is 7.05. The van der Waals surface area contributed by atoms with Crippen LogP contribution in [0.5, 0.6) is 0 Å². The first-order valence-electron chi connectivity index (χ1n) is 12.2. The van der Waals surface area contributed by atoms with Gasteiger partial charge in [0.05, 0.1) is 36.3 Å². The second-order valence-electron chi connectivity index (χ2n) is 8.71. The van der Waals surface area contributed by atoms with Gasteiger partial charge in [0.2, 0.25) is 0 Å². The number of nitrogens with zero attached hydrogens (tertiary/aromatic N) is 4. The Bertz CT molecular complexity index is 1410. The van der Waals surface area contributed by atoms with Gasteiger partial charge >= 0.3 is 12.0 Å². The molecule has 0 bridgehead atoms. The molecule has 8 nitrogen and oxygen atoms in total. The minimum absolute atomic E-state index is 0.197. The van der Waals surface area contributed by atoms with E-state index in [1.165, 1.54) is 0 Å². The first-order valence-corrected chi connectivity index (χ1v) is 13.4. The molecule has 1 atom stereocenters. The molecule has 1 aliphatic rings. The molecule has 2 amide bonds. The maximum Gasteiger partial charge on any atom is 0.325 e. The number of aromatic nitrogens is 3. The van der Waals surface area contributed by atoms with Crippen LogP contribution >= 0.6 is 11.8 Å². The van der Waals surface area contributed by atoms with Gasteiger partial charge in [-0.25, -0.2) is 9.48 Å². The highest BCUT2D eigenvalue weighted by Gasteiger charge is 2.36. The summed E-state index contributed by atoms with van der Waals surface area (Å²) in [5, 5.41) is 7.63. The van der Waals surface area contributed by atoms with Crippen LogP contribution in [0.2, 0.25) is 0 Å². The summed E-state index contributed by atoms with van der Waals surface area (Å²) in [4.78, 5) is 28.6. The number of carbonyl (C=O) groups excluding carboxylic acids is 2. The van der Waals surface area contributed by atoms with E-state index >= 15 is 0 Å². The molecule has 5 rings (SSSR count). The number of carbonyl (C=O) groups is 2. The van der Waals surface area contributed by atoms with Crippen molar-refractivity contribution in [2.45, 2.75) is 31.3 Å². The molecule has 0 fully saturated rings. The summed E-state index contributed by atoms with van der Waals surface area (Å²) in [6.07, 6.45) is 4.05. The van der Waals surface area contributed by atoms with Gasteiger partial charge in [-0.05, 0) is 62.1 Å². The maximum atomic E-state index is 13.7. The summed E-state index contributed by atoms with van der Waals surface area (Å²) >= 11 is 1.67. The van der Waals surface area contributed by atoms with Crippen molar-refractivity contribution in [1.82, 2.24) is 24.6 Å². The first-order chi connectivity index (χ1) is 18.0. The van der Waals surface area contributed by atoms with E-state index in [4.69, 9.17) is 9.84 Å². The monoisotopic (exact) mass is 515 g/mol. The van der Waals surface area contributed by atoms with Crippen LogP contribution in [0.1, 0.15) is 35.5 Å². The van der Waals surface area contributed by atoms with Gasteiger partial charge in [0, 0.05) is 16.7 Å². The average Bonchev–Trinajstić information content (AvgIpc) is 3.48. The number of aryl methyl sites for hydroxylation is 1. The van der Waals surface area contributed by atoms with Gasteiger partial charge < -0.3 is 19.5 Å². The van der Waals surface area contributed by atoms with Crippen LogP contribution in [-0.4, -0.2) is 50.7 Å². The normalized spacial score (nSPS) is 14.5. The third-order valence-corrected chi connectivity index (χ3v) is 7.21. The number of rotatable bonds is 6. The molecule has 0 spiro atoms. The predicted octanol–water partition coefficient (Wildman–Crippen LogP) is 4.87. The Morgan fingerprint density at radius 1 is 1.08 bits per heavy atom. The van der Waals surface area contributed by atoms with Crippen molar-refractivity contribution in [2.75, 3.05) is 19.4 Å². The minimum atomic E-state index is -0.469. The highest BCUT2D eigenvalue weighted by atomic mass is 32.2. The van der Waals surface area contributed by atoms with Gasteiger partial charge in [0.1, 0.15) is 12.4 Å². The summed E-state index contributed by atoms with van der Waals surface area (Å²) in [6, 6.07) is 21.5. The molecule has 9 heteroatoms. The van der Waals surface area contributed by atoms with Gasteiger partial charge in [-0.15, -0.1) is 11.8 Å². The molecule has 3 heterocycles. The fourth-order valence-electron chi connectivity index (χ4n) is 4.75. The van der Waals surface area contributed by atoms with Crippen molar-refractivity contribution in [2.24, 2.45) is 0 Å². The van der Waals surface area contributed by atoms with E-state index in [1.54, 1.807) is 23.6 Å². The average molecular weight is 516 g/mol. The third kappa shape index (κ3) is 4.74. The number of hydrogen-bond acceptors (Lipinski definition) is 5. The Hall–Kier alpha value is -3.98. The molecule has 0 radical (unpaired) electrons. The van der Waals surface area contributed by atoms with Crippen molar-refractivity contribution in [3.8, 4) is 11.5 Å². The summed E-state index contributed by atoms with van der Waals surface area (Å²) < 4.78 is 9.07. The molecular weight excluding hydrogens is 486 g/mol. The van der Waals surface area contributed by atoms with Crippen LogP contribution in [-0.2, 0) is 16.1 Å². The molecule has 1 aliphatic heterocycles. The van der Waals surface area contributed by atoms with Crippen LogP contribution in [0.25, 0.3) is 11.5 Å². The lowest BCUT2D eigenvalue weighted by Crippen LogP contribution is -2.44. The van der Waals surface area contributed by atoms with E-state index in [0.717, 1.165) is 38.9 Å². The van der Waals surface area contributed by atoms with Crippen molar-refractivity contribution in [1.29, 1.82) is 0 Å². The van der Waals surface area contributed by atoms with Crippen molar-refractivity contribution >= 4 is 23.8 Å². The number of ether oxygens (including phenoxy) is 1. The number of nitrogens with one attached hydrogen (secondary N) is 1. The van der Waals surface area contributed by atoms with Crippen molar-refractivity contribution in [3.05, 3.63) is 95.4 Å². The lowest BCUT2D eigenvalue weighted by Gasteiger charge is -2.31. The summed E-state index contributed by atoms with van der Waals surface area (Å²) in [7, 11) is 0. The largest absolute Gasteiger partial charge is 0.465 e. The highest BCUT2D eigenvalue weighted by Crippen LogP contribution is 2.38. The number of benzene rings is 2. The molecule has 2 aromatic carbocycles. The minimum Gasteiger partial charge on any atom is -0.465 e. The number of fused-ring (bicyclic) bond motifs is 3. The van der Waals surface area contributed by atoms with Crippen LogP contribution in [0.15, 0.2) is 77.8 Å². The summed E-state index contributed by atoms with van der Waals surface area (Å²) in [5.74, 6) is 0.429. The highest BCUT2D eigenvalue weighted by molar-refractivity contribution is 7.98. The fraction of sp³-hybridized carbons (Fsp3) is 0.250. The first kappa shape index (κ1) is 24.7. The lowest BCUT2D eigenvalue weighted by atomic mass is 10.0. The summed E-state index contributed by atoms with van der Waals surface area (Å²) in [5.41, 5.74) is 4.62. The molecular formula is C28H29N5O3S. The van der Waals surface area contributed by atoms with E-state index in [1.807, 2.05) is 66.5 Å². The van der Waals surface area contributed by atoms with E-state index in [9.17, 15) is 9.59 Å². The maximum absolute atomic E-state index is 13.7. The van der Waals surface area contributed by atoms with Crippen molar-refractivity contribution < 1.29 is 14.3 Å². The smallest absolute Gasteiger partial charge is 0.325 e. The number of para-hydroxylation sites is 1. The molecule has 190 valence electrons. The van der Waals surface area contributed by atoms with Gasteiger partial charge in [0.25, 0.3) is 0 Å². The zero-order valence-electron chi connectivity index (χ0n) is 21.0. The topological polar surface area (TPSA) is 81.4 Å². The standard InChI is InChI=1S/C28H29N5O3S/c1-4-36-25(34)17-29-28(35)32-18-23-19(2)30-33(21-9-6-5-7-10-21)27(23)31-16-8-11-24(31)26(32)20-12-14-22(37-3)15-13-20/h5-16,26H,4,17-18H2,1-3H3,(H,29,35)/t26-/m1/s1. The van der Waals surface area contributed by atoms with E-state index < -0.39 is 5.97 Å². The predicted molar refractivity (Wildman–Crippen MR) is 143 cm³/mol. The number of thioether (sulfide) groups is 1. The number of esters is 1. The molecule has 2 aromatic heterocycles. The Morgan fingerprint density at radius 3 is 2.54 bits per heavy atom. The fourth-order valence-corrected chi connectivity index (χ4v) is 5.16. The molecule has 1 N–H and O–H groups in total. The molecule has 0 saturated carbocycles. The Balaban J connectivity index is 1.64. The quantitative estimate of drug-likeness (QED) is 0.293. The zero-order valence-corrected chi connectivity index (χ0v) is 21.9. The molecule has 0 saturated heterocycles. The van der Waals surface area contributed by atoms with Gasteiger partial charge in [-0.3, -0.25) is 4.79 Å². The van der Waals surface area contributed by atoms with Crippen molar-refractivity contribution in [3.63, 3.8) is 0 Å². The SMILES string of the molecule is CCOC(=O)CNC(=O)N1Cc2c(C)nn(-c3ccccc3)c2-n2cccc2[C@H]1c1ccc(SC)cc1. The van der Waals surface area contributed by atoms with E-state index in [2.05, 4.69) is 34.1 Å². The van der Waals surface area contributed by atoms with E-state index in [-0.39, 0.29) is 25.2 Å². The number of amides is 2. The molecule has 37 heavy (non-hydrogen) atoms. The van der Waals surface area contributed by atoms with Crippen LogP contribution in [0.3, 0.4) is 0 Å². The second kappa shape index (κ2) is 10.6. The van der Waals surface area contributed by atoms with E-state index in [0.29, 0.717) is 6.54 Å². The van der Waals surface area contributed by atoms with Gasteiger partial charge in [-0.2, -0.15) is 5.10 Å². The third-order valence-electron chi connectivity index (χ3n) is 6.47. The molecule has 0 unspecified atom stereocenters. The number of hydrogen-bond donors (Lipinski definition) is 1. The Morgan fingerprint density at radius 2 is 1.84 bits per heavy atom. The lowest BCUT2D eigenvalue weighted by molar-refractivity contribution is -0.141. The molecule has 0 aliphatic carbocycles. The zero-order chi connectivity index (χ0) is 25.9. The molecule has 4 aromatic rings. The summed E-state index contributed by atoms with van der Waals surface area (Å²) in [6.45, 7) is 4.09.